The Bertz CT molecular complexity index is 838. The lowest BCUT2D eigenvalue weighted by molar-refractivity contribution is -0.274. The number of likely N-dealkylation sites (tertiary alicyclic amines) is 1. The second-order valence-corrected chi connectivity index (χ2v) is 7.25. The Morgan fingerprint density at radius 1 is 1.26 bits per heavy atom. The quantitative estimate of drug-likeness (QED) is 0.843. The Labute approximate surface area is 157 Å². The van der Waals surface area contributed by atoms with E-state index >= 15 is 0 Å². The Morgan fingerprint density at radius 2 is 2.04 bits per heavy atom. The fourth-order valence-electron chi connectivity index (χ4n) is 2.87. The van der Waals surface area contributed by atoms with Gasteiger partial charge in [-0.1, -0.05) is 24.2 Å². The zero-order chi connectivity index (χ0) is 19.4. The third-order valence-electron chi connectivity index (χ3n) is 4.10. The Kier molecular flexibility index (Phi) is 5.83. The van der Waals surface area contributed by atoms with Crippen LogP contribution in [0.5, 0.6) is 5.75 Å². The summed E-state index contributed by atoms with van der Waals surface area (Å²) in [7, 11) is 0. The minimum absolute atomic E-state index is 0.0388. The van der Waals surface area contributed by atoms with Gasteiger partial charge in [-0.3, -0.25) is 9.59 Å². The second-order valence-electron chi connectivity index (χ2n) is 6.22. The summed E-state index contributed by atoms with van der Waals surface area (Å²) >= 11 is 1.04. The third-order valence-corrected chi connectivity index (χ3v) is 5.03. The number of carbonyl (C=O) groups excluding carboxylic acids is 2. The van der Waals surface area contributed by atoms with E-state index in [2.05, 4.69) is 15.0 Å². The van der Waals surface area contributed by atoms with Crippen LogP contribution in [0.25, 0.3) is 10.2 Å². The summed E-state index contributed by atoms with van der Waals surface area (Å²) in [5.74, 6) is -0.763. The van der Waals surface area contributed by atoms with Crippen molar-refractivity contribution in [3.8, 4) is 5.75 Å². The van der Waals surface area contributed by atoms with E-state index in [-0.39, 0.29) is 29.2 Å². The fraction of sp³-hybridized carbons (Fsp3) is 0.471. The van der Waals surface area contributed by atoms with Gasteiger partial charge in [0.1, 0.15) is 5.75 Å². The topological polar surface area (TPSA) is 71.5 Å². The van der Waals surface area contributed by atoms with Crippen LogP contribution in [-0.2, 0) is 9.59 Å². The lowest BCUT2D eigenvalue weighted by Gasteiger charge is -2.23. The molecule has 6 nitrogen and oxygen atoms in total. The van der Waals surface area contributed by atoms with Crippen molar-refractivity contribution in [3.05, 3.63) is 18.2 Å². The molecular formula is C17H18F3N3O3S. The Balaban J connectivity index is 1.64. The van der Waals surface area contributed by atoms with Crippen LogP contribution in [0.1, 0.15) is 32.1 Å². The molecular weight excluding hydrogens is 383 g/mol. The number of fused-ring (bicyclic) bond motifs is 1. The van der Waals surface area contributed by atoms with E-state index in [0.717, 1.165) is 37.0 Å². The average molecular weight is 401 g/mol. The van der Waals surface area contributed by atoms with E-state index in [1.54, 1.807) is 0 Å². The number of rotatable bonds is 4. The third kappa shape index (κ3) is 5.56. The molecule has 27 heavy (non-hydrogen) atoms. The number of alkyl halides is 3. The summed E-state index contributed by atoms with van der Waals surface area (Å²) in [5, 5.41) is 2.88. The number of carbonyl (C=O) groups is 2. The highest BCUT2D eigenvalue weighted by molar-refractivity contribution is 7.22. The highest BCUT2D eigenvalue weighted by Gasteiger charge is 2.31. The van der Waals surface area contributed by atoms with Gasteiger partial charge in [-0.2, -0.15) is 0 Å². The summed E-state index contributed by atoms with van der Waals surface area (Å²) in [6.45, 7) is 0.488. The minimum Gasteiger partial charge on any atom is -0.406 e. The molecule has 0 aliphatic carbocycles. The standard InChI is InChI=1S/C17H18F3N3O3S/c18-17(19,20)26-11-6-7-12-13(9-11)27-16(21-12)22-14(24)10-23-8-4-2-1-3-5-15(23)25/h6-7,9H,1-5,8,10H2,(H,21,22,24). The van der Waals surface area contributed by atoms with Crippen molar-refractivity contribution < 1.29 is 27.5 Å². The first kappa shape index (κ1) is 19.4. The molecule has 0 unspecified atom stereocenters. The Hall–Kier alpha value is -2.36. The number of halogens is 3. The van der Waals surface area contributed by atoms with Crippen LogP contribution < -0.4 is 10.1 Å². The molecule has 0 radical (unpaired) electrons. The molecule has 1 aromatic carbocycles. The van der Waals surface area contributed by atoms with Crippen molar-refractivity contribution in [2.75, 3.05) is 18.4 Å². The fourth-order valence-corrected chi connectivity index (χ4v) is 3.78. The van der Waals surface area contributed by atoms with Crippen LogP contribution in [0.4, 0.5) is 18.3 Å². The summed E-state index contributed by atoms with van der Waals surface area (Å²) in [6, 6.07) is 3.78. The lowest BCUT2D eigenvalue weighted by Crippen LogP contribution is -2.39. The molecule has 1 saturated heterocycles. The van der Waals surface area contributed by atoms with Gasteiger partial charge in [0.2, 0.25) is 11.8 Å². The SMILES string of the molecule is O=C(CN1CCCCCCC1=O)Nc1nc2ccc(OC(F)(F)F)cc2s1. The maximum absolute atomic E-state index is 12.3. The molecule has 1 aliphatic heterocycles. The van der Waals surface area contributed by atoms with Gasteiger partial charge in [0.25, 0.3) is 0 Å². The van der Waals surface area contributed by atoms with Crippen molar-refractivity contribution >= 4 is 38.5 Å². The van der Waals surface area contributed by atoms with Crippen LogP contribution in [0, 0.1) is 0 Å². The smallest absolute Gasteiger partial charge is 0.406 e. The number of aromatic nitrogens is 1. The number of hydrogen-bond acceptors (Lipinski definition) is 5. The molecule has 10 heteroatoms. The first-order valence-electron chi connectivity index (χ1n) is 8.54. The highest BCUT2D eigenvalue weighted by Crippen LogP contribution is 2.31. The number of ether oxygens (including phenoxy) is 1. The van der Waals surface area contributed by atoms with Crippen LogP contribution >= 0.6 is 11.3 Å². The largest absolute Gasteiger partial charge is 0.573 e. The molecule has 2 amide bonds. The molecule has 146 valence electrons. The van der Waals surface area contributed by atoms with Gasteiger partial charge in [-0.05, 0) is 25.0 Å². The Morgan fingerprint density at radius 3 is 2.81 bits per heavy atom. The second kappa shape index (κ2) is 8.12. The van der Waals surface area contributed by atoms with Gasteiger partial charge >= 0.3 is 6.36 Å². The maximum atomic E-state index is 12.3. The van der Waals surface area contributed by atoms with Gasteiger partial charge < -0.3 is 15.0 Å². The number of amides is 2. The summed E-state index contributed by atoms with van der Waals surface area (Å²) < 4.78 is 41.2. The van der Waals surface area contributed by atoms with Crippen molar-refractivity contribution in [2.24, 2.45) is 0 Å². The molecule has 2 heterocycles. The molecule has 0 saturated carbocycles. The highest BCUT2D eigenvalue weighted by atomic mass is 32.1. The van der Waals surface area contributed by atoms with E-state index in [9.17, 15) is 22.8 Å². The van der Waals surface area contributed by atoms with E-state index in [0.29, 0.717) is 23.2 Å². The average Bonchev–Trinajstić information content (AvgIpc) is 2.94. The molecule has 1 aromatic heterocycles. The molecule has 0 spiro atoms. The zero-order valence-electron chi connectivity index (χ0n) is 14.3. The molecule has 1 fully saturated rings. The number of thiazole rings is 1. The number of benzene rings is 1. The lowest BCUT2D eigenvalue weighted by atomic mass is 10.1. The van der Waals surface area contributed by atoms with Crippen LogP contribution in [0.3, 0.4) is 0 Å². The van der Waals surface area contributed by atoms with Crippen molar-refractivity contribution in [1.82, 2.24) is 9.88 Å². The van der Waals surface area contributed by atoms with Crippen molar-refractivity contribution in [3.63, 3.8) is 0 Å². The number of hydrogen-bond donors (Lipinski definition) is 1. The summed E-state index contributed by atoms with van der Waals surface area (Å²) in [6.07, 6.45) is -0.577. The van der Waals surface area contributed by atoms with Gasteiger partial charge in [-0.15, -0.1) is 13.2 Å². The molecule has 0 bridgehead atoms. The summed E-state index contributed by atoms with van der Waals surface area (Å²) in [4.78, 5) is 30.0. The summed E-state index contributed by atoms with van der Waals surface area (Å²) in [5.41, 5.74) is 0.451. The first-order chi connectivity index (χ1) is 12.8. The van der Waals surface area contributed by atoms with Crippen molar-refractivity contribution in [2.45, 2.75) is 38.5 Å². The van der Waals surface area contributed by atoms with Crippen LogP contribution in [-0.4, -0.2) is 41.2 Å². The molecule has 1 N–H and O–H groups in total. The van der Waals surface area contributed by atoms with Crippen LogP contribution in [0.2, 0.25) is 0 Å². The molecule has 0 atom stereocenters. The predicted octanol–water partition coefficient (Wildman–Crippen LogP) is 3.93. The van der Waals surface area contributed by atoms with E-state index in [4.69, 9.17) is 0 Å². The molecule has 3 rings (SSSR count). The van der Waals surface area contributed by atoms with Crippen LogP contribution in [0.15, 0.2) is 18.2 Å². The molecule has 1 aliphatic rings. The molecule has 2 aromatic rings. The van der Waals surface area contributed by atoms with Gasteiger partial charge in [0.15, 0.2) is 5.13 Å². The van der Waals surface area contributed by atoms with Crippen molar-refractivity contribution in [1.29, 1.82) is 0 Å². The monoisotopic (exact) mass is 401 g/mol. The minimum atomic E-state index is -4.77. The first-order valence-corrected chi connectivity index (χ1v) is 9.36. The zero-order valence-corrected chi connectivity index (χ0v) is 15.2. The number of nitrogens with zero attached hydrogens (tertiary/aromatic N) is 2. The van der Waals surface area contributed by atoms with E-state index in [1.807, 2.05) is 0 Å². The van der Waals surface area contributed by atoms with Gasteiger partial charge in [-0.25, -0.2) is 4.98 Å². The van der Waals surface area contributed by atoms with Gasteiger partial charge in [0, 0.05) is 19.0 Å². The van der Waals surface area contributed by atoms with Gasteiger partial charge in [0.05, 0.1) is 16.8 Å². The number of nitrogens with one attached hydrogen (secondary N) is 1. The maximum Gasteiger partial charge on any atom is 0.573 e. The van der Waals surface area contributed by atoms with E-state index in [1.165, 1.54) is 23.1 Å². The predicted molar refractivity (Wildman–Crippen MR) is 94.6 cm³/mol. The normalized spacial score (nSPS) is 16.1. The number of anilines is 1. The van der Waals surface area contributed by atoms with E-state index < -0.39 is 6.36 Å².